The van der Waals surface area contributed by atoms with Crippen LogP contribution in [0, 0.1) is 17.8 Å². The van der Waals surface area contributed by atoms with Crippen LogP contribution in [-0.4, -0.2) is 26.5 Å². The molecule has 0 aliphatic heterocycles. The van der Waals surface area contributed by atoms with Crippen LogP contribution in [0.1, 0.15) is 25.7 Å². The first-order valence-electron chi connectivity index (χ1n) is 5.63. The smallest absolute Gasteiger partial charge is 0.147 e. The summed E-state index contributed by atoms with van der Waals surface area (Å²) in [5.41, 5.74) is 2.79. The van der Waals surface area contributed by atoms with Crippen molar-refractivity contribution in [3.05, 3.63) is 0 Å². The highest BCUT2D eigenvalue weighted by atomic mass is 32.2. The minimum Gasteiger partial charge on any atom is -0.271 e. The van der Waals surface area contributed by atoms with E-state index in [9.17, 15) is 8.42 Å². The lowest BCUT2D eigenvalue weighted by Gasteiger charge is -2.23. The van der Waals surface area contributed by atoms with E-state index in [1.54, 1.807) is 0 Å². The Labute approximate surface area is 91.5 Å². The molecule has 2 aliphatic rings. The summed E-state index contributed by atoms with van der Waals surface area (Å²) < 4.78 is 22.1. The number of fused-ring (bicyclic) bond motifs is 1. The van der Waals surface area contributed by atoms with E-state index in [1.165, 1.54) is 25.5 Å². The van der Waals surface area contributed by atoms with Crippen LogP contribution in [0.15, 0.2) is 0 Å². The summed E-state index contributed by atoms with van der Waals surface area (Å²) in [7, 11) is -2.86. The monoisotopic (exact) mass is 232 g/mol. The second-order valence-corrected chi connectivity index (χ2v) is 7.44. The number of rotatable bonds is 5. The number of hydrogen-bond donors (Lipinski definition) is 2. The van der Waals surface area contributed by atoms with E-state index >= 15 is 0 Å². The average Bonchev–Trinajstić information content (AvgIpc) is 2.73. The Morgan fingerprint density at radius 2 is 1.93 bits per heavy atom. The molecule has 3 N–H and O–H groups in total. The van der Waals surface area contributed by atoms with Gasteiger partial charge < -0.3 is 0 Å². The fraction of sp³-hybridized carbons (Fsp3) is 1.00. The van der Waals surface area contributed by atoms with Crippen molar-refractivity contribution < 1.29 is 8.42 Å². The maximum absolute atomic E-state index is 11.1. The molecule has 0 radical (unpaired) electrons. The Kier molecular flexibility index (Phi) is 3.05. The van der Waals surface area contributed by atoms with Crippen LogP contribution in [-0.2, 0) is 9.84 Å². The lowest BCUT2D eigenvalue weighted by Crippen LogP contribution is -2.41. The number of sulfone groups is 1. The molecule has 4 nitrogen and oxygen atoms in total. The molecule has 0 bridgehead atoms. The zero-order valence-corrected chi connectivity index (χ0v) is 9.96. The molecular weight excluding hydrogens is 212 g/mol. The van der Waals surface area contributed by atoms with Gasteiger partial charge in [-0.3, -0.25) is 11.3 Å². The molecular formula is C10H20N2O2S. The molecule has 2 saturated carbocycles. The molecule has 0 saturated heterocycles. The molecule has 15 heavy (non-hydrogen) atoms. The van der Waals surface area contributed by atoms with E-state index < -0.39 is 9.84 Å². The van der Waals surface area contributed by atoms with Crippen LogP contribution in [0.3, 0.4) is 0 Å². The predicted octanol–water partition coefficient (Wildman–Crippen LogP) is 0.299. The van der Waals surface area contributed by atoms with Gasteiger partial charge in [-0.15, -0.1) is 0 Å². The summed E-state index contributed by atoms with van der Waals surface area (Å²) in [4.78, 5) is 0. The van der Waals surface area contributed by atoms with Crippen molar-refractivity contribution in [3.8, 4) is 0 Å². The van der Waals surface area contributed by atoms with Gasteiger partial charge in [-0.2, -0.15) is 0 Å². The quantitative estimate of drug-likeness (QED) is 0.528. The number of hydrogen-bond acceptors (Lipinski definition) is 4. The van der Waals surface area contributed by atoms with E-state index in [-0.39, 0.29) is 11.8 Å². The molecule has 3 atom stereocenters. The molecule has 2 rings (SSSR count). The van der Waals surface area contributed by atoms with E-state index in [0.717, 1.165) is 11.8 Å². The molecule has 0 aromatic rings. The zero-order valence-electron chi connectivity index (χ0n) is 9.15. The summed E-state index contributed by atoms with van der Waals surface area (Å²) in [6.07, 6.45) is 5.80. The minimum atomic E-state index is -2.86. The molecule has 2 fully saturated rings. The molecule has 5 heteroatoms. The number of hydrazine groups is 1. The Hall–Kier alpha value is -0.130. The first-order valence-corrected chi connectivity index (χ1v) is 7.69. The lowest BCUT2D eigenvalue weighted by molar-refractivity contribution is 0.330. The van der Waals surface area contributed by atoms with Gasteiger partial charge in [0.2, 0.25) is 0 Å². The summed E-state index contributed by atoms with van der Waals surface area (Å²) in [6.45, 7) is 0. The summed E-state index contributed by atoms with van der Waals surface area (Å²) >= 11 is 0. The Bertz CT molecular complexity index is 318. The van der Waals surface area contributed by atoms with Gasteiger partial charge in [-0.1, -0.05) is 0 Å². The zero-order chi connectivity index (χ0) is 11.1. The molecule has 0 spiro atoms. The minimum absolute atomic E-state index is 0.188. The molecule has 88 valence electrons. The van der Waals surface area contributed by atoms with Gasteiger partial charge in [-0.25, -0.2) is 8.42 Å². The van der Waals surface area contributed by atoms with Crippen molar-refractivity contribution in [2.45, 2.75) is 31.7 Å². The highest BCUT2D eigenvalue weighted by molar-refractivity contribution is 7.90. The Morgan fingerprint density at radius 3 is 2.40 bits per heavy atom. The second-order valence-electron chi connectivity index (χ2n) is 5.18. The summed E-state index contributed by atoms with van der Waals surface area (Å²) in [6, 6.07) is 0.188. The highest BCUT2D eigenvalue weighted by Gasteiger charge is 2.47. The van der Waals surface area contributed by atoms with Crippen molar-refractivity contribution in [3.63, 3.8) is 0 Å². The Balaban J connectivity index is 1.82. The normalized spacial score (nSPS) is 36.3. The van der Waals surface area contributed by atoms with Crippen LogP contribution in [0.25, 0.3) is 0 Å². The topological polar surface area (TPSA) is 72.2 Å². The molecule has 0 aromatic carbocycles. The van der Waals surface area contributed by atoms with Crippen molar-refractivity contribution in [1.82, 2.24) is 5.43 Å². The average molecular weight is 232 g/mol. The van der Waals surface area contributed by atoms with Crippen LogP contribution in [0.4, 0.5) is 0 Å². The third-order valence-corrected chi connectivity index (χ3v) is 4.84. The van der Waals surface area contributed by atoms with Crippen molar-refractivity contribution in [2.24, 2.45) is 23.6 Å². The molecule has 0 heterocycles. The van der Waals surface area contributed by atoms with E-state index in [4.69, 9.17) is 5.84 Å². The number of nitrogens with two attached hydrogens (primary N) is 1. The fourth-order valence-corrected chi connectivity index (χ4v) is 3.57. The van der Waals surface area contributed by atoms with Gasteiger partial charge in [0, 0.05) is 12.3 Å². The fourth-order valence-electron chi connectivity index (χ4n) is 2.89. The third-order valence-electron chi connectivity index (χ3n) is 3.86. The maximum Gasteiger partial charge on any atom is 0.147 e. The van der Waals surface area contributed by atoms with Crippen molar-refractivity contribution in [1.29, 1.82) is 0 Å². The molecule has 3 unspecified atom stereocenters. The van der Waals surface area contributed by atoms with Gasteiger partial charge >= 0.3 is 0 Å². The van der Waals surface area contributed by atoms with Crippen molar-refractivity contribution >= 4 is 9.84 Å². The Morgan fingerprint density at radius 1 is 1.33 bits per heavy atom. The third kappa shape index (κ3) is 2.92. The van der Waals surface area contributed by atoms with Gasteiger partial charge in [-0.05, 0) is 43.4 Å². The van der Waals surface area contributed by atoms with Gasteiger partial charge in [0.1, 0.15) is 9.84 Å². The van der Waals surface area contributed by atoms with Crippen LogP contribution < -0.4 is 11.3 Å². The summed E-state index contributed by atoms with van der Waals surface area (Å²) in [5.74, 6) is 8.18. The lowest BCUT2D eigenvalue weighted by atomic mass is 9.93. The predicted molar refractivity (Wildman–Crippen MR) is 59.8 cm³/mol. The van der Waals surface area contributed by atoms with E-state index in [2.05, 4.69) is 5.43 Å². The van der Waals surface area contributed by atoms with Crippen molar-refractivity contribution in [2.75, 3.05) is 12.0 Å². The largest absolute Gasteiger partial charge is 0.271 e. The van der Waals surface area contributed by atoms with Crippen LogP contribution in [0.2, 0.25) is 0 Å². The second kappa shape index (κ2) is 4.03. The first kappa shape index (κ1) is 11.4. The number of nitrogens with one attached hydrogen (secondary N) is 1. The van der Waals surface area contributed by atoms with Crippen LogP contribution in [0.5, 0.6) is 0 Å². The van der Waals surface area contributed by atoms with Gasteiger partial charge in [0.25, 0.3) is 0 Å². The molecule has 0 amide bonds. The molecule has 0 aromatic heterocycles. The standard InChI is InChI=1S/C10H20N2O2S/c1-15(13,14)3-2-10(12-11)9-5-7-4-8(7)6-9/h7-10,12H,2-6,11H2,1H3. The summed E-state index contributed by atoms with van der Waals surface area (Å²) in [5, 5.41) is 0. The van der Waals surface area contributed by atoms with Gasteiger partial charge in [0.15, 0.2) is 0 Å². The maximum atomic E-state index is 11.1. The van der Waals surface area contributed by atoms with E-state index in [1.807, 2.05) is 0 Å². The van der Waals surface area contributed by atoms with E-state index in [0.29, 0.717) is 12.3 Å². The molecule has 2 aliphatic carbocycles. The highest BCUT2D eigenvalue weighted by Crippen LogP contribution is 2.55. The first-order chi connectivity index (χ1) is 6.99. The van der Waals surface area contributed by atoms with Gasteiger partial charge in [0.05, 0.1) is 5.75 Å². The SMILES string of the molecule is CS(=O)(=O)CCC(NN)C1CC2CC2C1. The van der Waals surface area contributed by atoms with Crippen LogP contribution >= 0.6 is 0 Å².